The molecule has 1 amide bonds. The van der Waals surface area contributed by atoms with E-state index < -0.39 is 16.1 Å². The summed E-state index contributed by atoms with van der Waals surface area (Å²) >= 11 is 1.31. The molecule has 8 nitrogen and oxygen atoms in total. The number of halogens is 1. The number of sulfonamides is 1. The summed E-state index contributed by atoms with van der Waals surface area (Å²) in [7, 11) is -3.71. The number of piperidine rings is 1. The van der Waals surface area contributed by atoms with Gasteiger partial charge in [0.25, 0.3) is 0 Å². The normalized spacial score (nSPS) is 22.1. The second-order valence-corrected chi connectivity index (χ2v) is 10.4. The molecular formula is C20H21FN4O4S2. The molecule has 31 heavy (non-hydrogen) atoms. The van der Waals surface area contributed by atoms with Gasteiger partial charge in [0.05, 0.1) is 23.5 Å². The Labute approximate surface area is 184 Å². The second kappa shape index (κ2) is 7.57. The summed E-state index contributed by atoms with van der Waals surface area (Å²) in [5.41, 5.74) is 2.54. The van der Waals surface area contributed by atoms with E-state index in [0.29, 0.717) is 40.3 Å². The van der Waals surface area contributed by atoms with Crippen molar-refractivity contribution in [3.63, 3.8) is 0 Å². The highest BCUT2D eigenvalue weighted by Crippen LogP contribution is 2.39. The van der Waals surface area contributed by atoms with Gasteiger partial charge < -0.3 is 9.46 Å². The van der Waals surface area contributed by atoms with E-state index >= 15 is 0 Å². The summed E-state index contributed by atoms with van der Waals surface area (Å²) in [6.45, 7) is 2.38. The van der Waals surface area contributed by atoms with Crippen molar-refractivity contribution in [1.82, 2.24) is 13.3 Å². The maximum Gasteiger partial charge on any atom is 0.414 e. The molecule has 1 aromatic carbocycles. The number of anilines is 1. The predicted molar refractivity (Wildman–Crippen MR) is 115 cm³/mol. The maximum absolute atomic E-state index is 13.6. The molecule has 5 rings (SSSR count). The first-order chi connectivity index (χ1) is 14.9. The zero-order chi connectivity index (χ0) is 21.8. The molecule has 0 saturated carbocycles. The van der Waals surface area contributed by atoms with Crippen molar-refractivity contribution in [3.05, 3.63) is 64.2 Å². The van der Waals surface area contributed by atoms with Crippen LogP contribution in [0.5, 0.6) is 0 Å². The molecule has 1 N–H and O–H groups in total. The fourth-order valence-corrected chi connectivity index (χ4v) is 6.89. The van der Waals surface area contributed by atoms with Gasteiger partial charge in [0.2, 0.25) is 10.0 Å². The van der Waals surface area contributed by atoms with Gasteiger partial charge in [-0.05, 0) is 49.6 Å². The number of benzene rings is 1. The lowest BCUT2D eigenvalue weighted by Gasteiger charge is -2.40. The predicted octanol–water partition coefficient (Wildman–Crippen LogP) is 3.19. The summed E-state index contributed by atoms with van der Waals surface area (Å²) in [4.78, 5) is 14.3. The Hall–Kier alpha value is -2.50. The third kappa shape index (κ3) is 3.40. The van der Waals surface area contributed by atoms with Crippen LogP contribution in [0.1, 0.15) is 25.3 Å². The van der Waals surface area contributed by atoms with Crippen LogP contribution < -0.4 is 9.62 Å². The van der Waals surface area contributed by atoms with Gasteiger partial charge in [-0.15, -0.1) is 0 Å². The molecule has 0 radical (unpaired) electrons. The van der Waals surface area contributed by atoms with E-state index in [9.17, 15) is 17.6 Å². The van der Waals surface area contributed by atoms with Crippen molar-refractivity contribution in [1.29, 1.82) is 0 Å². The van der Waals surface area contributed by atoms with Crippen LogP contribution in [-0.4, -0.2) is 42.3 Å². The number of nitrogens with zero attached hydrogens (tertiary/aromatic N) is 3. The standard InChI is InChI=1S/C20H21FN4O4S2/c1-13-4-9-24-18(11-22-30-24)19(13)31(27,28)23-7-5-16(6-8-23)25-17-3-2-15(21)10-14(17)12-29-20(25)26/h2-4,9-11,16,22H,5-8,12H2,1H3. The maximum atomic E-state index is 13.6. The lowest BCUT2D eigenvalue weighted by molar-refractivity contribution is 0.135. The highest BCUT2D eigenvalue weighted by molar-refractivity contribution is 7.96. The Balaban J connectivity index is 1.37. The SMILES string of the molecule is CC1=C(S(=O)(=O)N2CCC(N3C(=O)OCc4cc(F)ccc43)CC2)C2=CNSN2C=C1. The summed E-state index contributed by atoms with van der Waals surface area (Å²) in [6, 6.07) is 4.06. The van der Waals surface area contributed by atoms with E-state index in [4.69, 9.17) is 4.74 Å². The average Bonchev–Trinajstić information content (AvgIpc) is 3.22. The van der Waals surface area contributed by atoms with Crippen LogP contribution in [-0.2, 0) is 21.4 Å². The highest BCUT2D eigenvalue weighted by Gasteiger charge is 2.40. The summed E-state index contributed by atoms with van der Waals surface area (Å²) in [5, 5.41) is 0. The van der Waals surface area contributed by atoms with E-state index in [1.165, 1.54) is 33.5 Å². The monoisotopic (exact) mass is 464 g/mol. The number of rotatable bonds is 3. The van der Waals surface area contributed by atoms with Gasteiger partial charge in [0.1, 0.15) is 17.3 Å². The van der Waals surface area contributed by atoms with Crippen molar-refractivity contribution >= 4 is 33.9 Å². The van der Waals surface area contributed by atoms with Gasteiger partial charge in [-0.2, -0.15) is 4.31 Å². The Morgan fingerprint density at radius 1 is 1.26 bits per heavy atom. The number of nitrogens with one attached hydrogen (secondary N) is 1. The van der Waals surface area contributed by atoms with E-state index in [2.05, 4.69) is 4.72 Å². The molecule has 0 aliphatic carbocycles. The Bertz CT molecular complexity index is 1140. The molecule has 0 atom stereocenters. The number of hydrogen-bond donors (Lipinski definition) is 1. The minimum Gasteiger partial charge on any atom is -0.444 e. The minimum absolute atomic E-state index is 0.0360. The zero-order valence-corrected chi connectivity index (χ0v) is 18.4. The third-order valence-electron chi connectivity index (χ3n) is 5.87. The number of fused-ring (bicyclic) bond motifs is 2. The second-order valence-electron chi connectivity index (χ2n) is 7.73. The zero-order valence-electron chi connectivity index (χ0n) is 16.7. The fourth-order valence-electron chi connectivity index (χ4n) is 4.35. The van der Waals surface area contributed by atoms with Crippen LogP contribution in [0.15, 0.2) is 52.9 Å². The van der Waals surface area contributed by atoms with Crippen molar-refractivity contribution in [2.75, 3.05) is 18.0 Å². The third-order valence-corrected chi connectivity index (χ3v) is 8.70. The van der Waals surface area contributed by atoms with Gasteiger partial charge >= 0.3 is 6.09 Å². The van der Waals surface area contributed by atoms with Crippen molar-refractivity contribution in [3.8, 4) is 0 Å². The topological polar surface area (TPSA) is 82.2 Å². The van der Waals surface area contributed by atoms with Crippen LogP contribution >= 0.6 is 12.1 Å². The minimum atomic E-state index is -3.71. The van der Waals surface area contributed by atoms with Crippen molar-refractivity contribution in [2.24, 2.45) is 0 Å². The number of amides is 1. The fraction of sp³-hybridized carbons (Fsp3) is 0.350. The Morgan fingerprint density at radius 3 is 2.81 bits per heavy atom. The first-order valence-corrected chi connectivity index (χ1v) is 12.1. The van der Waals surface area contributed by atoms with Gasteiger partial charge in [-0.1, -0.05) is 0 Å². The molecular weight excluding hydrogens is 443 g/mol. The number of allylic oxidation sites excluding steroid dienone is 2. The van der Waals surface area contributed by atoms with Crippen molar-refractivity contribution < 1.29 is 22.3 Å². The number of carbonyl (C=O) groups excluding carboxylic acids is 1. The summed E-state index contributed by atoms with van der Waals surface area (Å²) in [5.74, 6) is -0.384. The summed E-state index contributed by atoms with van der Waals surface area (Å²) in [6.07, 6.45) is 5.76. The molecule has 1 saturated heterocycles. The van der Waals surface area contributed by atoms with Crippen LogP contribution in [0.4, 0.5) is 14.9 Å². The van der Waals surface area contributed by atoms with Gasteiger partial charge in [-0.25, -0.2) is 17.6 Å². The number of carbonyl (C=O) groups is 1. The highest BCUT2D eigenvalue weighted by atomic mass is 32.2. The van der Waals surface area contributed by atoms with Crippen LogP contribution in [0, 0.1) is 5.82 Å². The van der Waals surface area contributed by atoms with E-state index in [1.807, 2.05) is 6.20 Å². The lowest BCUT2D eigenvalue weighted by Crippen LogP contribution is -2.50. The molecule has 4 heterocycles. The quantitative estimate of drug-likeness (QED) is 0.688. The molecule has 1 aromatic rings. The molecule has 4 aliphatic rings. The van der Waals surface area contributed by atoms with E-state index in [-0.39, 0.29) is 31.6 Å². The molecule has 164 valence electrons. The molecule has 0 spiro atoms. The molecule has 0 bridgehead atoms. The Kier molecular flexibility index (Phi) is 4.98. The van der Waals surface area contributed by atoms with Crippen LogP contribution in [0.25, 0.3) is 0 Å². The lowest BCUT2D eigenvalue weighted by atomic mass is 10.0. The molecule has 0 aromatic heterocycles. The van der Waals surface area contributed by atoms with Gasteiger partial charge in [-0.3, -0.25) is 9.21 Å². The van der Waals surface area contributed by atoms with Gasteiger partial charge in [0, 0.05) is 37.1 Å². The smallest absolute Gasteiger partial charge is 0.414 e. The number of hydrogen-bond acceptors (Lipinski definition) is 7. The number of cyclic esters (lactones) is 1. The van der Waals surface area contributed by atoms with Crippen molar-refractivity contribution in [2.45, 2.75) is 32.4 Å². The Morgan fingerprint density at radius 2 is 2.03 bits per heavy atom. The molecule has 4 aliphatic heterocycles. The van der Waals surface area contributed by atoms with E-state index in [0.717, 1.165) is 0 Å². The molecule has 11 heteroatoms. The van der Waals surface area contributed by atoms with Crippen LogP contribution in [0.3, 0.4) is 0 Å². The largest absolute Gasteiger partial charge is 0.444 e. The summed E-state index contributed by atoms with van der Waals surface area (Å²) < 4.78 is 52.0. The van der Waals surface area contributed by atoms with E-state index in [1.54, 1.807) is 29.6 Å². The number of ether oxygens (including phenoxy) is 1. The van der Waals surface area contributed by atoms with Crippen LogP contribution in [0.2, 0.25) is 0 Å². The van der Waals surface area contributed by atoms with Gasteiger partial charge in [0.15, 0.2) is 0 Å². The first-order valence-electron chi connectivity index (χ1n) is 9.92. The average molecular weight is 465 g/mol. The molecule has 1 fully saturated rings. The first kappa shape index (κ1) is 20.4. The molecule has 0 unspecified atom stereocenters.